The van der Waals surface area contributed by atoms with Crippen LogP contribution in [0.5, 0.6) is 0 Å². The van der Waals surface area contributed by atoms with Gasteiger partial charge in [0.15, 0.2) is 5.82 Å². The van der Waals surface area contributed by atoms with Crippen molar-refractivity contribution < 1.29 is 0 Å². The largest absolute Gasteiger partial charge is 0.218 e. The summed E-state index contributed by atoms with van der Waals surface area (Å²) in [4.78, 5) is 14.0. The molecule has 0 atom stereocenters. The van der Waals surface area contributed by atoms with Crippen LogP contribution < -0.4 is 0 Å². The third kappa shape index (κ3) is 4.92. The number of nitrogens with zero attached hydrogens (tertiary/aromatic N) is 3. The Hall–Kier alpha value is -1.77. The van der Waals surface area contributed by atoms with E-state index in [0.717, 1.165) is 35.9 Å². The molecule has 0 aliphatic heterocycles. The van der Waals surface area contributed by atoms with Crippen molar-refractivity contribution in [2.45, 2.75) is 47.5 Å². The zero-order valence-electron chi connectivity index (χ0n) is 13.7. The molecule has 1 heterocycles. The molecular formula is C18H25N3. The van der Waals surface area contributed by atoms with Crippen molar-refractivity contribution in [1.29, 1.82) is 0 Å². The fourth-order valence-corrected chi connectivity index (χ4v) is 2.19. The van der Waals surface area contributed by atoms with E-state index in [1.165, 1.54) is 0 Å². The summed E-state index contributed by atoms with van der Waals surface area (Å²) < 4.78 is 0. The topological polar surface area (TPSA) is 38.7 Å². The Balaban J connectivity index is 2.42. The second-order valence-corrected chi connectivity index (χ2v) is 7.19. The average Bonchev–Trinajstić information content (AvgIpc) is 2.36. The molecule has 0 unspecified atom stereocenters. The summed E-state index contributed by atoms with van der Waals surface area (Å²) in [6, 6.07) is 10.1. The van der Waals surface area contributed by atoms with Crippen LogP contribution in [0.4, 0.5) is 0 Å². The molecule has 0 fully saturated rings. The van der Waals surface area contributed by atoms with Gasteiger partial charge >= 0.3 is 0 Å². The molecule has 3 nitrogen and oxygen atoms in total. The Morgan fingerprint density at radius 1 is 0.905 bits per heavy atom. The van der Waals surface area contributed by atoms with Gasteiger partial charge in [0.05, 0.1) is 0 Å². The summed E-state index contributed by atoms with van der Waals surface area (Å²) in [5, 5.41) is 0. The molecule has 0 spiro atoms. The molecule has 0 amide bonds. The summed E-state index contributed by atoms with van der Waals surface area (Å²) in [6.07, 6.45) is 1.75. The lowest BCUT2D eigenvalue weighted by molar-refractivity contribution is 0.399. The van der Waals surface area contributed by atoms with E-state index >= 15 is 0 Å². The van der Waals surface area contributed by atoms with Gasteiger partial charge in [-0.05, 0) is 11.3 Å². The van der Waals surface area contributed by atoms with Gasteiger partial charge in [0, 0.05) is 18.4 Å². The number of benzene rings is 1. The first-order chi connectivity index (χ1) is 9.83. The minimum atomic E-state index is 0.171. The molecule has 1 aromatic carbocycles. The van der Waals surface area contributed by atoms with Gasteiger partial charge in [-0.1, -0.05) is 65.0 Å². The fraction of sp³-hybridized carbons (Fsp3) is 0.500. The van der Waals surface area contributed by atoms with Crippen molar-refractivity contribution >= 4 is 0 Å². The van der Waals surface area contributed by atoms with Crippen LogP contribution >= 0.6 is 0 Å². The molecular weight excluding hydrogens is 258 g/mol. The molecule has 0 saturated carbocycles. The summed E-state index contributed by atoms with van der Waals surface area (Å²) in [6.45, 7) is 11.0. The maximum atomic E-state index is 4.67. The summed E-state index contributed by atoms with van der Waals surface area (Å²) >= 11 is 0. The first kappa shape index (κ1) is 15.6. The second-order valence-electron chi connectivity index (χ2n) is 7.19. The summed E-state index contributed by atoms with van der Waals surface area (Å²) in [7, 11) is 0. The van der Waals surface area contributed by atoms with E-state index in [0.29, 0.717) is 5.92 Å². The highest BCUT2D eigenvalue weighted by molar-refractivity contribution is 5.54. The Morgan fingerprint density at radius 3 is 2.10 bits per heavy atom. The highest BCUT2D eigenvalue weighted by Gasteiger charge is 2.16. The van der Waals surface area contributed by atoms with Crippen molar-refractivity contribution in [2.75, 3.05) is 0 Å². The minimum Gasteiger partial charge on any atom is -0.218 e. The molecule has 1 aromatic heterocycles. The molecule has 0 saturated heterocycles. The van der Waals surface area contributed by atoms with Crippen LogP contribution in [0, 0.1) is 11.3 Å². The SMILES string of the molecule is CC(C)Cc1nc(CC(C)(C)C)nc(-c2ccccc2)n1. The standard InChI is InChI=1S/C18H25N3/c1-13(2)11-15-19-16(12-18(3,4)5)21-17(20-15)14-9-7-6-8-10-14/h6-10,13H,11-12H2,1-5H3. The van der Waals surface area contributed by atoms with Gasteiger partial charge in [0.1, 0.15) is 11.6 Å². The Bertz CT molecular complexity index is 583. The normalized spacial score (nSPS) is 11.9. The molecule has 2 rings (SSSR count). The smallest absolute Gasteiger partial charge is 0.163 e. The summed E-state index contributed by atoms with van der Waals surface area (Å²) in [5.41, 5.74) is 1.23. The molecule has 0 N–H and O–H groups in total. The molecule has 0 aliphatic rings. The van der Waals surface area contributed by atoms with E-state index in [4.69, 9.17) is 0 Å². The number of hydrogen-bond donors (Lipinski definition) is 0. The highest BCUT2D eigenvalue weighted by atomic mass is 15.0. The van der Waals surface area contributed by atoms with Crippen molar-refractivity contribution in [2.24, 2.45) is 11.3 Å². The fourth-order valence-electron chi connectivity index (χ4n) is 2.19. The van der Waals surface area contributed by atoms with Crippen LogP contribution in [0.1, 0.15) is 46.3 Å². The van der Waals surface area contributed by atoms with E-state index in [-0.39, 0.29) is 5.41 Å². The zero-order chi connectivity index (χ0) is 15.5. The molecule has 0 bridgehead atoms. The van der Waals surface area contributed by atoms with Crippen molar-refractivity contribution in [3.05, 3.63) is 42.0 Å². The minimum absolute atomic E-state index is 0.171. The first-order valence-corrected chi connectivity index (χ1v) is 7.63. The van der Waals surface area contributed by atoms with Gasteiger partial charge in [0.25, 0.3) is 0 Å². The predicted octanol–water partition coefficient (Wildman–Crippen LogP) is 4.33. The van der Waals surface area contributed by atoms with Gasteiger partial charge < -0.3 is 0 Å². The number of hydrogen-bond acceptors (Lipinski definition) is 3. The molecule has 0 radical (unpaired) electrons. The Morgan fingerprint density at radius 2 is 1.52 bits per heavy atom. The lowest BCUT2D eigenvalue weighted by atomic mass is 9.92. The first-order valence-electron chi connectivity index (χ1n) is 7.63. The van der Waals surface area contributed by atoms with Crippen molar-refractivity contribution in [3.63, 3.8) is 0 Å². The molecule has 2 aromatic rings. The third-order valence-corrected chi connectivity index (χ3v) is 3.04. The van der Waals surface area contributed by atoms with E-state index in [2.05, 4.69) is 61.7 Å². The maximum Gasteiger partial charge on any atom is 0.163 e. The number of aromatic nitrogens is 3. The zero-order valence-corrected chi connectivity index (χ0v) is 13.7. The van der Waals surface area contributed by atoms with Crippen LogP contribution in [0.2, 0.25) is 0 Å². The predicted molar refractivity (Wildman–Crippen MR) is 87.0 cm³/mol. The van der Waals surface area contributed by atoms with Crippen molar-refractivity contribution in [3.8, 4) is 11.4 Å². The number of rotatable bonds is 4. The van der Waals surface area contributed by atoms with Gasteiger partial charge in [-0.25, -0.2) is 15.0 Å². The lowest BCUT2D eigenvalue weighted by Gasteiger charge is -2.17. The molecule has 21 heavy (non-hydrogen) atoms. The van der Waals surface area contributed by atoms with Crippen molar-refractivity contribution in [1.82, 2.24) is 15.0 Å². The van der Waals surface area contributed by atoms with E-state index in [9.17, 15) is 0 Å². The van der Waals surface area contributed by atoms with Gasteiger partial charge in [-0.15, -0.1) is 0 Å². The van der Waals surface area contributed by atoms with Crippen LogP contribution in [0.25, 0.3) is 11.4 Å². The Labute approximate surface area is 127 Å². The van der Waals surface area contributed by atoms with Crippen LogP contribution in [-0.2, 0) is 12.8 Å². The van der Waals surface area contributed by atoms with Crippen LogP contribution in [0.15, 0.2) is 30.3 Å². The van der Waals surface area contributed by atoms with E-state index < -0.39 is 0 Å². The third-order valence-electron chi connectivity index (χ3n) is 3.04. The molecule has 0 aliphatic carbocycles. The van der Waals surface area contributed by atoms with Gasteiger partial charge in [-0.2, -0.15) is 0 Å². The second kappa shape index (κ2) is 6.33. The van der Waals surface area contributed by atoms with Gasteiger partial charge in [0.2, 0.25) is 0 Å². The molecule has 112 valence electrons. The molecule has 3 heteroatoms. The lowest BCUT2D eigenvalue weighted by Crippen LogP contribution is -2.15. The van der Waals surface area contributed by atoms with E-state index in [1.807, 2.05) is 18.2 Å². The Kier molecular flexibility index (Phi) is 4.71. The monoisotopic (exact) mass is 283 g/mol. The summed E-state index contributed by atoms with van der Waals surface area (Å²) in [5.74, 6) is 3.13. The van der Waals surface area contributed by atoms with Crippen LogP contribution in [0.3, 0.4) is 0 Å². The average molecular weight is 283 g/mol. The maximum absolute atomic E-state index is 4.67. The van der Waals surface area contributed by atoms with E-state index in [1.54, 1.807) is 0 Å². The quantitative estimate of drug-likeness (QED) is 0.838. The highest BCUT2D eigenvalue weighted by Crippen LogP contribution is 2.21. The van der Waals surface area contributed by atoms with Crippen LogP contribution in [-0.4, -0.2) is 15.0 Å². The van der Waals surface area contributed by atoms with Gasteiger partial charge in [-0.3, -0.25) is 0 Å².